The molecule has 0 saturated carbocycles. The highest BCUT2D eigenvalue weighted by atomic mass is 35.5. The van der Waals surface area contributed by atoms with Crippen molar-refractivity contribution in [3.8, 4) is 0 Å². The van der Waals surface area contributed by atoms with Crippen molar-refractivity contribution in [1.29, 1.82) is 0 Å². The highest BCUT2D eigenvalue weighted by Gasteiger charge is 2.08. The Kier molecular flexibility index (Phi) is 3.79. The molecule has 1 aromatic heterocycles. The van der Waals surface area contributed by atoms with E-state index in [4.69, 9.17) is 11.6 Å². The molecule has 0 N–H and O–H groups in total. The van der Waals surface area contributed by atoms with E-state index in [9.17, 15) is 0 Å². The van der Waals surface area contributed by atoms with Gasteiger partial charge in [0.05, 0.1) is 0 Å². The van der Waals surface area contributed by atoms with E-state index in [0.717, 1.165) is 25.0 Å². The average Bonchev–Trinajstić information content (AvgIpc) is 2.30. The SMILES string of the molecule is CCCC(Cl)Cc1nccc2ccccc12. The first-order valence-electron chi connectivity index (χ1n) is 5.78. The van der Waals surface area contributed by atoms with Crippen molar-refractivity contribution >= 4 is 22.4 Å². The largest absolute Gasteiger partial charge is 0.261 e. The molecule has 1 heterocycles. The van der Waals surface area contributed by atoms with Gasteiger partial charge in [0, 0.05) is 29.1 Å². The maximum Gasteiger partial charge on any atom is 0.0496 e. The second kappa shape index (κ2) is 5.31. The van der Waals surface area contributed by atoms with Crippen molar-refractivity contribution in [3.63, 3.8) is 0 Å². The van der Waals surface area contributed by atoms with Crippen molar-refractivity contribution in [2.45, 2.75) is 31.6 Å². The Morgan fingerprint density at radius 3 is 2.88 bits per heavy atom. The number of alkyl halides is 1. The lowest BCUT2D eigenvalue weighted by Gasteiger charge is -2.09. The van der Waals surface area contributed by atoms with Gasteiger partial charge < -0.3 is 0 Å². The van der Waals surface area contributed by atoms with E-state index in [1.165, 1.54) is 10.8 Å². The maximum absolute atomic E-state index is 6.28. The molecule has 16 heavy (non-hydrogen) atoms. The lowest BCUT2D eigenvalue weighted by atomic mass is 10.1. The van der Waals surface area contributed by atoms with Crippen LogP contribution in [-0.2, 0) is 6.42 Å². The summed E-state index contributed by atoms with van der Waals surface area (Å²) < 4.78 is 0. The molecule has 0 aliphatic rings. The molecule has 0 radical (unpaired) electrons. The van der Waals surface area contributed by atoms with Gasteiger partial charge in [0.2, 0.25) is 0 Å². The normalized spacial score (nSPS) is 12.9. The Hall–Kier alpha value is -1.08. The zero-order valence-electron chi connectivity index (χ0n) is 9.49. The number of benzene rings is 1. The first kappa shape index (κ1) is 11.4. The number of pyridine rings is 1. The van der Waals surface area contributed by atoms with E-state index in [2.05, 4.69) is 36.2 Å². The number of rotatable bonds is 4. The number of aromatic nitrogens is 1. The third kappa shape index (κ3) is 2.53. The summed E-state index contributed by atoms with van der Waals surface area (Å²) in [6.45, 7) is 2.16. The van der Waals surface area contributed by atoms with Gasteiger partial charge in [0.15, 0.2) is 0 Å². The van der Waals surface area contributed by atoms with Crippen LogP contribution in [0.1, 0.15) is 25.5 Å². The van der Waals surface area contributed by atoms with Crippen LogP contribution in [-0.4, -0.2) is 10.4 Å². The van der Waals surface area contributed by atoms with Gasteiger partial charge in [-0.3, -0.25) is 4.98 Å². The fourth-order valence-electron chi connectivity index (χ4n) is 1.97. The monoisotopic (exact) mass is 233 g/mol. The van der Waals surface area contributed by atoms with E-state index in [1.807, 2.05) is 12.3 Å². The molecule has 0 fully saturated rings. The van der Waals surface area contributed by atoms with Gasteiger partial charge in [-0.15, -0.1) is 11.6 Å². The third-order valence-corrected chi connectivity index (χ3v) is 3.15. The second-order valence-corrected chi connectivity index (χ2v) is 4.69. The quantitative estimate of drug-likeness (QED) is 0.722. The van der Waals surface area contributed by atoms with Crippen molar-refractivity contribution < 1.29 is 0 Å². The van der Waals surface area contributed by atoms with Crippen LogP contribution in [0.25, 0.3) is 10.8 Å². The predicted molar refractivity (Wildman–Crippen MR) is 70.0 cm³/mol. The molecule has 1 atom stereocenters. The molecule has 0 saturated heterocycles. The van der Waals surface area contributed by atoms with E-state index >= 15 is 0 Å². The summed E-state index contributed by atoms with van der Waals surface area (Å²) >= 11 is 6.28. The summed E-state index contributed by atoms with van der Waals surface area (Å²) in [6.07, 6.45) is 4.90. The number of fused-ring (bicyclic) bond motifs is 1. The fraction of sp³-hybridized carbons (Fsp3) is 0.357. The first-order valence-corrected chi connectivity index (χ1v) is 6.21. The minimum Gasteiger partial charge on any atom is -0.261 e. The van der Waals surface area contributed by atoms with Crippen molar-refractivity contribution in [1.82, 2.24) is 4.98 Å². The van der Waals surface area contributed by atoms with Crippen LogP contribution in [0, 0.1) is 0 Å². The topological polar surface area (TPSA) is 12.9 Å². The van der Waals surface area contributed by atoms with Crippen LogP contribution >= 0.6 is 11.6 Å². The first-order chi connectivity index (χ1) is 7.81. The van der Waals surface area contributed by atoms with Crippen LogP contribution in [0.4, 0.5) is 0 Å². The Morgan fingerprint density at radius 1 is 1.25 bits per heavy atom. The van der Waals surface area contributed by atoms with Gasteiger partial charge in [-0.25, -0.2) is 0 Å². The Balaban J connectivity index is 2.30. The number of nitrogens with zero attached hydrogens (tertiary/aromatic N) is 1. The van der Waals surface area contributed by atoms with Gasteiger partial charge in [-0.05, 0) is 17.9 Å². The second-order valence-electron chi connectivity index (χ2n) is 4.07. The molecular formula is C14H16ClN. The zero-order chi connectivity index (χ0) is 11.4. The zero-order valence-corrected chi connectivity index (χ0v) is 10.2. The minimum atomic E-state index is 0.198. The Morgan fingerprint density at radius 2 is 2.06 bits per heavy atom. The molecule has 0 spiro atoms. The fourth-order valence-corrected chi connectivity index (χ4v) is 2.33. The molecule has 84 valence electrons. The Labute approximate surface area is 101 Å². The molecule has 2 aromatic rings. The maximum atomic E-state index is 6.28. The number of halogens is 1. The summed E-state index contributed by atoms with van der Waals surface area (Å²) in [5, 5.41) is 2.67. The predicted octanol–water partition coefficient (Wildman–Crippen LogP) is 4.18. The van der Waals surface area contributed by atoms with Gasteiger partial charge in [0.25, 0.3) is 0 Å². The summed E-state index contributed by atoms with van der Waals surface area (Å²) in [6, 6.07) is 10.4. The van der Waals surface area contributed by atoms with Gasteiger partial charge in [-0.2, -0.15) is 0 Å². The number of hydrogen-bond donors (Lipinski definition) is 0. The summed E-state index contributed by atoms with van der Waals surface area (Å²) in [4.78, 5) is 4.44. The molecule has 0 aliphatic carbocycles. The van der Waals surface area contributed by atoms with Crippen LogP contribution in [0.5, 0.6) is 0 Å². The average molecular weight is 234 g/mol. The molecule has 2 heteroatoms. The molecule has 2 rings (SSSR count). The van der Waals surface area contributed by atoms with E-state index < -0.39 is 0 Å². The van der Waals surface area contributed by atoms with Gasteiger partial charge in [0.1, 0.15) is 0 Å². The van der Waals surface area contributed by atoms with Gasteiger partial charge >= 0.3 is 0 Å². The van der Waals surface area contributed by atoms with Crippen molar-refractivity contribution in [2.24, 2.45) is 0 Å². The van der Waals surface area contributed by atoms with Crippen molar-refractivity contribution in [2.75, 3.05) is 0 Å². The van der Waals surface area contributed by atoms with E-state index in [0.29, 0.717) is 0 Å². The van der Waals surface area contributed by atoms with Crippen LogP contribution < -0.4 is 0 Å². The lowest BCUT2D eigenvalue weighted by molar-refractivity contribution is 0.719. The summed E-state index contributed by atoms with van der Waals surface area (Å²) in [5.74, 6) is 0. The Bertz CT molecular complexity index is 462. The highest BCUT2D eigenvalue weighted by molar-refractivity contribution is 6.20. The summed E-state index contributed by atoms with van der Waals surface area (Å²) in [7, 11) is 0. The smallest absolute Gasteiger partial charge is 0.0496 e. The molecular weight excluding hydrogens is 218 g/mol. The van der Waals surface area contributed by atoms with Crippen molar-refractivity contribution in [3.05, 3.63) is 42.2 Å². The standard InChI is InChI=1S/C14H16ClN/c1-2-5-12(15)10-14-13-7-4-3-6-11(13)8-9-16-14/h3-4,6-9,12H,2,5,10H2,1H3. The third-order valence-electron chi connectivity index (χ3n) is 2.77. The highest BCUT2D eigenvalue weighted by Crippen LogP contribution is 2.20. The molecule has 1 aromatic carbocycles. The molecule has 0 amide bonds. The van der Waals surface area contributed by atoms with E-state index in [-0.39, 0.29) is 5.38 Å². The molecule has 0 aliphatic heterocycles. The van der Waals surface area contributed by atoms with Gasteiger partial charge in [-0.1, -0.05) is 37.6 Å². The summed E-state index contributed by atoms with van der Waals surface area (Å²) in [5.41, 5.74) is 1.12. The lowest BCUT2D eigenvalue weighted by Crippen LogP contribution is -2.04. The van der Waals surface area contributed by atoms with E-state index in [1.54, 1.807) is 0 Å². The number of hydrogen-bond acceptors (Lipinski definition) is 1. The van der Waals surface area contributed by atoms with Crippen LogP contribution in [0.2, 0.25) is 0 Å². The molecule has 1 unspecified atom stereocenters. The molecule has 0 bridgehead atoms. The van der Waals surface area contributed by atoms with Crippen LogP contribution in [0.3, 0.4) is 0 Å². The molecule has 1 nitrogen and oxygen atoms in total. The minimum absolute atomic E-state index is 0.198. The van der Waals surface area contributed by atoms with Crippen LogP contribution in [0.15, 0.2) is 36.5 Å².